The zero-order valence-corrected chi connectivity index (χ0v) is 12.9. The van der Waals surface area contributed by atoms with Crippen molar-refractivity contribution in [2.45, 2.75) is 13.5 Å². The SMILES string of the molecule is CCN(Cc1cccs1)C(=O)c1cc(Br)cnc1N. The molecule has 4 nitrogen and oxygen atoms in total. The van der Waals surface area contributed by atoms with E-state index >= 15 is 0 Å². The maximum absolute atomic E-state index is 12.5. The zero-order valence-electron chi connectivity index (χ0n) is 10.5. The lowest BCUT2D eigenvalue weighted by atomic mass is 10.2. The fraction of sp³-hybridized carbons (Fsp3) is 0.231. The number of hydrogen-bond donors (Lipinski definition) is 1. The first-order valence-electron chi connectivity index (χ1n) is 5.84. The molecule has 0 aliphatic heterocycles. The van der Waals surface area contributed by atoms with Crippen LogP contribution < -0.4 is 5.73 Å². The van der Waals surface area contributed by atoms with Gasteiger partial charge in [-0.15, -0.1) is 11.3 Å². The molecule has 0 saturated carbocycles. The normalized spacial score (nSPS) is 10.4. The average molecular weight is 340 g/mol. The lowest BCUT2D eigenvalue weighted by molar-refractivity contribution is 0.0755. The molecule has 0 aliphatic rings. The summed E-state index contributed by atoms with van der Waals surface area (Å²) in [7, 11) is 0. The van der Waals surface area contributed by atoms with Crippen LogP contribution in [0.4, 0.5) is 5.82 Å². The fourth-order valence-corrected chi connectivity index (χ4v) is 2.76. The lowest BCUT2D eigenvalue weighted by Crippen LogP contribution is -2.30. The van der Waals surface area contributed by atoms with E-state index in [1.165, 1.54) is 0 Å². The molecule has 0 aliphatic carbocycles. The molecule has 0 spiro atoms. The summed E-state index contributed by atoms with van der Waals surface area (Å²) in [4.78, 5) is 19.4. The second-order valence-electron chi connectivity index (χ2n) is 3.99. The van der Waals surface area contributed by atoms with Crippen LogP contribution in [0, 0.1) is 0 Å². The molecular formula is C13H14BrN3OS. The van der Waals surface area contributed by atoms with Crippen LogP contribution in [0.25, 0.3) is 0 Å². The van der Waals surface area contributed by atoms with Gasteiger partial charge in [-0.2, -0.15) is 0 Å². The quantitative estimate of drug-likeness (QED) is 0.930. The number of nitrogens with two attached hydrogens (primary N) is 1. The van der Waals surface area contributed by atoms with Crippen LogP contribution in [-0.4, -0.2) is 22.3 Å². The molecule has 100 valence electrons. The highest BCUT2D eigenvalue weighted by molar-refractivity contribution is 9.10. The van der Waals surface area contributed by atoms with Gasteiger partial charge in [-0.25, -0.2) is 4.98 Å². The van der Waals surface area contributed by atoms with Crippen molar-refractivity contribution in [1.29, 1.82) is 0 Å². The van der Waals surface area contributed by atoms with Gasteiger partial charge in [0.1, 0.15) is 5.82 Å². The van der Waals surface area contributed by atoms with Crippen LogP contribution in [0.5, 0.6) is 0 Å². The first kappa shape index (κ1) is 14.0. The smallest absolute Gasteiger partial charge is 0.257 e. The van der Waals surface area contributed by atoms with Gasteiger partial charge in [-0.1, -0.05) is 6.07 Å². The number of hydrogen-bond acceptors (Lipinski definition) is 4. The van der Waals surface area contributed by atoms with Crippen molar-refractivity contribution in [3.8, 4) is 0 Å². The number of carbonyl (C=O) groups excluding carboxylic acids is 1. The van der Waals surface area contributed by atoms with E-state index in [0.717, 1.165) is 9.35 Å². The van der Waals surface area contributed by atoms with Gasteiger partial charge in [-0.05, 0) is 40.4 Å². The van der Waals surface area contributed by atoms with E-state index in [1.54, 1.807) is 28.5 Å². The molecule has 0 unspecified atom stereocenters. The van der Waals surface area contributed by atoms with Crippen LogP contribution in [0.3, 0.4) is 0 Å². The topological polar surface area (TPSA) is 59.2 Å². The third kappa shape index (κ3) is 3.33. The predicted molar refractivity (Wildman–Crippen MR) is 81.1 cm³/mol. The number of amides is 1. The average Bonchev–Trinajstić information content (AvgIpc) is 2.91. The van der Waals surface area contributed by atoms with Crippen LogP contribution in [0.2, 0.25) is 0 Å². The Hall–Kier alpha value is -1.40. The number of nitrogen functional groups attached to an aromatic ring is 1. The van der Waals surface area contributed by atoms with Crippen molar-refractivity contribution >= 4 is 39.0 Å². The van der Waals surface area contributed by atoms with Crippen molar-refractivity contribution in [2.75, 3.05) is 12.3 Å². The molecule has 1 amide bonds. The van der Waals surface area contributed by atoms with Gasteiger partial charge in [0.2, 0.25) is 0 Å². The first-order valence-corrected chi connectivity index (χ1v) is 7.51. The first-order chi connectivity index (χ1) is 9.11. The van der Waals surface area contributed by atoms with E-state index in [9.17, 15) is 4.79 Å². The molecule has 0 radical (unpaired) electrons. The lowest BCUT2D eigenvalue weighted by Gasteiger charge is -2.20. The molecular weight excluding hydrogens is 326 g/mol. The highest BCUT2D eigenvalue weighted by Gasteiger charge is 2.18. The van der Waals surface area contributed by atoms with Crippen molar-refractivity contribution < 1.29 is 4.79 Å². The van der Waals surface area contributed by atoms with Gasteiger partial charge in [0.15, 0.2) is 0 Å². The van der Waals surface area contributed by atoms with Gasteiger partial charge in [0.05, 0.1) is 12.1 Å². The van der Waals surface area contributed by atoms with E-state index < -0.39 is 0 Å². The van der Waals surface area contributed by atoms with Crippen LogP contribution in [-0.2, 0) is 6.54 Å². The van der Waals surface area contributed by atoms with Crippen LogP contribution >= 0.6 is 27.3 Å². The summed E-state index contributed by atoms with van der Waals surface area (Å²) < 4.78 is 0.747. The van der Waals surface area contributed by atoms with E-state index in [0.29, 0.717) is 18.7 Å². The molecule has 0 fully saturated rings. The Morgan fingerprint density at radius 3 is 3.00 bits per heavy atom. The molecule has 19 heavy (non-hydrogen) atoms. The summed E-state index contributed by atoms with van der Waals surface area (Å²) in [5.74, 6) is 0.167. The second kappa shape index (κ2) is 6.16. The van der Waals surface area contributed by atoms with Crippen molar-refractivity contribution in [3.05, 3.63) is 44.7 Å². The van der Waals surface area contributed by atoms with Crippen molar-refractivity contribution in [1.82, 2.24) is 9.88 Å². The Morgan fingerprint density at radius 2 is 2.37 bits per heavy atom. The molecule has 2 aromatic heterocycles. The number of rotatable bonds is 4. The van der Waals surface area contributed by atoms with Crippen LogP contribution in [0.15, 0.2) is 34.2 Å². The number of thiophene rings is 1. The minimum Gasteiger partial charge on any atom is -0.383 e. The summed E-state index contributed by atoms with van der Waals surface area (Å²) in [6, 6.07) is 5.71. The Labute approximate surface area is 124 Å². The highest BCUT2D eigenvalue weighted by atomic mass is 79.9. The number of carbonyl (C=O) groups is 1. The fourth-order valence-electron chi connectivity index (χ4n) is 1.71. The van der Waals surface area contributed by atoms with Crippen molar-refractivity contribution in [3.63, 3.8) is 0 Å². The maximum Gasteiger partial charge on any atom is 0.257 e. The molecule has 2 rings (SSSR count). The minimum absolute atomic E-state index is 0.0952. The summed E-state index contributed by atoms with van der Waals surface area (Å²) in [5, 5.41) is 2.00. The van der Waals surface area contributed by atoms with Gasteiger partial charge in [0, 0.05) is 22.1 Å². The van der Waals surface area contributed by atoms with Gasteiger partial charge in [0.25, 0.3) is 5.91 Å². The van der Waals surface area contributed by atoms with E-state index in [1.807, 2.05) is 24.4 Å². The monoisotopic (exact) mass is 339 g/mol. The summed E-state index contributed by atoms with van der Waals surface area (Å²) >= 11 is 4.95. The largest absolute Gasteiger partial charge is 0.383 e. The summed E-state index contributed by atoms with van der Waals surface area (Å²) in [5.41, 5.74) is 6.22. The molecule has 0 bridgehead atoms. The molecule has 2 heterocycles. The van der Waals surface area contributed by atoms with Crippen LogP contribution in [0.1, 0.15) is 22.2 Å². The summed E-state index contributed by atoms with van der Waals surface area (Å²) in [6.07, 6.45) is 1.58. The molecule has 6 heteroatoms. The number of pyridine rings is 1. The Morgan fingerprint density at radius 1 is 1.58 bits per heavy atom. The molecule has 0 atom stereocenters. The molecule has 0 aromatic carbocycles. The number of halogens is 1. The molecule has 2 N–H and O–H groups in total. The van der Waals surface area contributed by atoms with E-state index in [4.69, 9.17) is 5.73 Å². The minimum atomic E-state index is -0.0952. The standard InChI is InChI=1S/C13H14BrN3OS/c1-2-17(8-10-4-3-5-19-10)13(18)11-6-9(14)7-16-12(11)15/h3-7H,2,8H2,1H3,(H2,15,16). The third-order valence-corrected chi connectivity index (χ3v) is 4.01. The van der Waals surface area contributed by atoms with Gasteiger partial charge < -0.3 is 10.6 Å². The van der Waals surface area contributed by atoms with Gasteiger partial charge >= 0.3 is 0 Å². The number of nitrogens with zero attached hydrogens (tertiary/aromatic N) is 2. The highest BCUT2D eigenvalue weighted by Crippen LogP contribution is 2.19. The third-order valence-electron chi connectivity index (χ3n) is 2.71. The molecule has 0 saturated heterocycles. The number of aromatic nitrogens is 1. The number of anilines is 1. The Bertz CT molecular complexity index is 571. The van der Waals surface area contributed by atoms with E-state index in [-0.39, 0.29) is 11.7 Å². The Kier molecular flexibility index (Phi) is 4.55. The molecule has 2 aromatic rings. The Balaban J connectivity index is 2.23. The zero-order chi connectivity index (χ0) is 13.8. The van der Waals surface area contributed by atoms with E-state index in [2.05, 4.69) is 20.9 Å². The second-order valence-corrected chi connectivity index (χ2v) is 5.93. The van der Waals surface area contributed by atoms with Gasteiger partial charge in [-0.3, -0.25) is 4.79 Å². The van der Waals surface area contributed by atoms with Crippen molar-refractivity contribution in [2.24, 2.45) is 0 Å². The maximum atomic E-state index is 12.5. The predicted octanol–water partition coefficient (Wildman–Crippen LogP) is 3.15. The summed E-state index contributed by atoms with van der Waals surface area (Å²) in [6.45, 7) is 3.18.